The van der Waals surface area contributed by atoms with Crippen LogP contribution in [0.5, 0.6) is 5.75 Å². The summed E-state index contributed by atoms with van der Waals surface area (Å²) in [6, 6.07) is 11.6. The second-order valence-electron chi connectivity index (χ2n) is 7.21. The predicted octanol–water partition coefficient (Wildman–Crippen LogP) is 4.37. The van der Waals surface area contributed by atoms with Gasteiger partial charge in [0, 0.05) is 5.69 Å². The maximum Gasteiger partial charge on any atom is 0.240 e. The molecule has 0 aliphatic carbocycles. The molecule has 0 fully saturated rings. The van der Waals surface area contributed by atoms with Crippen LogP contribution >= 0.6 is 27.7 Å². The average Bonchev–Trinajstić information content (AvgIpc) is 3.09. The number of thioether (sulfide) groups is 1. The first kappa shape index (κ1) is 20.7. The molecule has 4 rings (SSSR count). The Morgan fingerprint density at radius 3 is 2.73 bits per heavy atom. The first-order valence-corrected chi connectivity index (χ1v) is 11.1. The quantitative estimate of drug-likeness (QED) is 0.568. The van der Waals surface area contributed by atoms with Gasteiger partial charge in [-0.3, -0.25) is 4.79 Å². The molecule has 9 heteroatoms. The van der Waals surface area contributed by atoms with Crippen LogP contribution in [-0.2, 0) is 4.79 Å². The lowest BCUT2D eigenvalue weighted by atomic mass is 10.0. The monoisotopic (exact) mass is 487 g/mol. The molecular formula is C21H22BrN5O2S. The largest absolute Gasteiger partial charge is 0.496 e. The van der Waals surface area contributed by atoms with Crippen molar-refractivity contribution in [2.75, 3.05) is 17.9 Å². The van der Waals surface area contributed by atoms with Crippen LogP contribution in [0.25, 0.3) is 0 Å². The fourth-order valence-corrected chi connectivity index (χ4v) is 5.04. The Morgan fingerprint density at radius 1 is 1.20 bits per heavy atom. The maximum absolute atomic E-state index is 13.4. The Balaban J connectivity index is 1.70. The highest BCUT2D eigenvalue weighted by atomic mass is 79.9. The normalized spacial score (nSPS) is 17.8. The van der Waals surface area contributed by atoms with Gasteiger partial charge in [-0.05, 0) is 71.6 Å². The number of nitrogens with zero attached hydrogens (tertiary/aromatic N) is 3. The standard InChI is InChI=1S/C21H22BrN5O2S/c1-11-5-6-12(2)16(9-11)23-20(28)19-18(14-7-8-17(29-4)15(22)10-14)26-27-13(3)24-25-21(27)30-19/h5-10,18-19,26H,1-4H3,(H,23,28)/t18-,19+/m0/s1. The molecule has 0 spiro atoms. The number of rotatable bonds is 4. The molecule has 1 aliphatic rings. The van der Waals surface area contributed by atoms with E-state index < -0.39 is 5.25 Å². The van der Waals surface area contributed by atoms with Crippen molar-refractivity contribution in [1.82, 2.24) is 14.9 Å². The molecule has 0 saturated heterocycles. The Labute approximate surface area is 187 Å². The van der Waals surface area contributed by atoms with E-state index in [1.54, 1.807) is 7.11 Å². The van der Waals surface area contributed by atoms with Gasteiger partial charge in [-0.25, -0.2) is 4.68 Å². The van der Waals surface area contributed by atoms with Gasteiger partial charge in [0.15, 0.2) is 0 Å². The molecule has 2 atom stereocenters. The molecule has 0 bridgehead atoms. The van der Waals surface area contributed by atoms with E-state index >= 15 is 0 Å². The summed E-state index contributed by atoms with van der Waals surface area (Å²) in [6.45, 7) is 5.87. The third-order valence-electron chi connectivity index (χ3n) is 5.04. The summed E-state index contributed by atoms with van der Waals surface area (Å²) in [4.78, 5) is 13.4. The van der Waals surface area contributed by atoms with Gasteiger partial charge in [0.25, 0.3) is 0 Å². The zero-order chi connectivity index (χ0) is 21.4. The molecule has 156 valence electrons. The molecule has 1 aromatic heterocycles. The fraction of sp³-hybridized carbons (Fsp3) is 0.286. The lowest BCUT2D eigenvalue weighted by Gasteiger charge is -2.33. The van der Waals surface area contributed by atoms with Crippen molar-refractivity contribution >= 4 is 39.3 Å². The van der Waals surface area contributed by atoms with Crippen LogP contribution in [0.4, 0.5) is 5.69 Å². The Hall–Kier alpha value is -2.52. The molecule has 2 aromatic carbocycles. The van der Waals surface area contributed by atoms with Gasteiger partial charge in [0.2, 0.25) is 11.1 Å². The van der Waals surface area contributed by atoms with Gasteiger partial charge in [0.05, 0.1) is 17.6 Å². The molecule has 2 N–H and O–H groups in total. The van der Waals surface area contributed by atoms with Crippen LogP contribution in [0.2, 0.25) is 0 Å². The summed E-state index contributed by atoms with van der Waals surface area (Å²) in [5.41, 5.74) is 7.30. The minimum absolute atomic E-state index is 0.0926. The first-order chi connectivity index (χ1) is 14.4. The van der Waals surface area contributed by atoms with Gasteiger partial charge in [-0.1, -0.05) is 30.0 Å². The molecular weight excluding hydrogens is 466 g/mol. The number of benzene rings is 2. The number of hydrogen-bond donors (Lipinski definition) is 2. The number of carbonyl (C=O) groups excluding carboxylic acids is 1. The van der Waals surface area contributed by atoms with Crippen molar-refractivity contribution < 1.29 is 9.53 Å². The zero-order valence-electron chi connectivity index (χ0n) is 17.1. The van der Waals surface area contributed by atoms with E-state index in [9.17, 15) is 4.79 Å². The number of hydrogen-bond acceptors (Lipinski definition) is 6. The highest BCUT2D eigenvalue weighted by molar-refractivity contribution is 9.10. The predicted molar refractivity (Wildman–Crippen MR) is 122 cm³/mol. The van der Waals surface area contributed by atoms with Crippen LogP contribution in [0.3, 0.4) is 0 Å². The van der Waals surface area contributed by atoms with E-state index in [1.165, 1.54) is 11.8 Å². The maximum atomic E-state index is 13.4. The molecule has 3 aromatic rings. The van der Waals surface area contributed by atoms with Crippen LogP contribution in [-0.4, -0.2) is 33.1 Å². The topological polar surface area (TPSA) is 81.1 Å². The third kappa shape index (κ3) is 3.91. The Kier molecular flexibility index (Phi) is 5.75. The SMILES string of the molecule is COc1ccc([C@@H]2Nn3c(C)nnc3S[C@H]2C(=O)Nc2cc(C)ccc2C)cc1Br. The third-order valence-corrected chi connectivity index (χ3v) is 6.88. The summed E-state index contributed by atoms with van der Waals surface area (Å²) < 4.78 is 8.01. The van der Waals surface area contributed by atoms with Crippen molar-refractivity contribution in [3.63, 3.8) is 0 Å². The van der Waals surface area contributed by atoms with E-state index in [4.69, 9.17) is 4.74 Å². The number of nitrogens with one attached hydrogen (secondary N) is 2. The minimum atomic E-state index is -0.443. The number of ether oxygens (including phenoxy) is 1. The molecule has 1 aliphatic heterocycles. The van der Waals surface area contributed by atoms with Gasteiger partial charge >= 0.3 is 0 Å². The van der Waals surface area contributed by atoms with E-state index in [-0.39, 0.29) is 11.9 Å². The van der Waals surface area contributed by atoms with Crippen molar-refractivity contribution in [2.24, 2.45) is 0 Å². The molecule has 0 unspecified atom stereocenters. The van der Waals surface area contributed by atoms with Crippen LogP contribution in [0.1, 0.15) is 28.6 Å². The van der Waals surface area contributed by atoms with Crippen molar-refractivity contribution in [1.29, 1.82) is 0 Å². The number of fused-ring (bicyclic) bond motifs is 1. The lowest BCUT2D eigenvalue weighted by Crippen LogP contribution is -2.41. The molecule has 0 radical (unpaired) electrons. The van der Waals surface area contributed by atoms with E-state index in [1.807, 2.05) is 61.8 Å². The van der Waals surface area contributed by atoms with E-state index in [2.05, 4.69) is 36.9 Å². The van der Waals surface area contributed by atoms with Crippen molar-refractivity contribution in [3.05, 3.63) is 63.4 Å². The number of aryl methyl sites for hydroxylation is 3. The van der Waals surface area contributed by atoms with E-state index in [0.717, 1.165) is 38.4 Å². The van der Waals surface area contributed by atoms with Crippen LogP contribution in [0.15, 0.2) is 46.0 Å². The zero-order valence-corrected chi connectivity index (χ0v) is 19.5. The highest BCUT2D eigenvalue weighted by Crippen LogP contribution is 2.39. The highest BCUT2D eigenvalue weighted by Gasteiger charge is 2.37. The van der Waals surface area contributed by atoms with Crippen LogP contribution < -0.4 is 15.5 Å². The summed E-state index contributed by atoms with van der Waals surface area (Å²) in [7, 11) is 1.63. The van der Waals surface area contributed by atoms with Gasteiger partial charge in [-0.2, -0.15) is 0 Å². The van der Waals surface area contributed by atoms with Crippen molar-refractivity contribution in [3.8, 4) is 5.75 Å². The molecule has 2 heterocycles. The fourth-order valence-electron chi connectivity index (χ4n) is 3.36. The smallest absolute Gasteiger partial charge is 0.240 e. The second-order valence-corrected chi connectivity index (χ2v) is 9.18. The average molecular weight is 488 g/mol. The van der Waals surface area contributed by atoms with Crippen LogP contribution in [0, 0.1) is 20.8 Å². The Bertz CT molecular complexity index is 1120. The minimum Gasteiger partial charge on any atom is -0.496 e. The molecule has 30 heavy (non-hydrogen) atoms. The number of methoxy groups -OCH3 is 1. The Morgan fingerprint density at radius 2 is 2.00 bits per heavy atom. The molecule has 1 amide bonds. The summed E-state index contributed by atoms with van der Waals surface area (Å²) in [5, 5.41) is 11.7. The number of halogens is 1. The summed E-state index contributed by atoms with van der Waals surface area (Å²) >= 11 is 4.95. The van der Waals surface area contributed by atoms with E-state index in [0.29, 0.717) is 5.16 Å². The summed E-state index contributed by atoms with van der Waals surface area (Å²) in [6.07, 6.45) is 0. The second kappa shape index (κ2) is 8.31. The molecule has 0 saturated carbocycles. The van der Waals surface area contributed by atoms with Gasteiger partial charge < -0.3 is 15.5 Å². The first-order valence-electron chi connectivity index (χ1n) is 9.44. The number of aromatic nitrogens is 3. The molecule has 7 nitrogen and oxygen atoms in total. The van der Waals surface area contributed by atoms with Gasteiger partial charge in [-0.15, -0.1) is 10.2 Å². The number of anilines is 1. The lowest BCUT2D eigenvalue weighted by molar-refractivity contribution is -0.116. The van der Waals surface area contributed by atoms with Crippen molar-refractivity contribution in [2.45, 2.75) is 37.2 Å². The number of amides is 1. The van der Waals surface area contributed by atoms with Gasteiger partial charge in [0.1, 0.15) is 16.8 Å². The summed E-state index contributed by atoms with van der Waals surface area (Å²) in [5.74, 6) is 1.38. The number of carbonyl (C=O) groups is 1.